The maximum absolute atomic E-state index is 13.7. The minimum atomic E-state index is -1.05. The molecule has 38 heavy (non-hydrogen) atoms. The molecule has 0 saturated carbocycles. The first-order chi connectivity index (χ1) is 18.4. The van der Waals surface area contributed by atoms with Crippen molar-refractivity contribution in [3.05, 3.63) is 65.5 Å². The minimum Gasteiger partial charge on any atom is -0.497 e. The van der Waals surface area contributed by atoms with Crippen molar-refractivity contribution >= 4 is 17.7 Å². The van der Waals surface area contributed by atoms with Crippen LogP contribution in [0.25, 0.3) is 0 Å². The molecular formula is C28H32FN3O6. The number of ether oxygens (including phenoxy) is 3. The van der Waals surface area contributed by atoms with Crippen LogP contribution in [0.2, 0.25) is 0 Å². The average molecular weight is 526 g/mol. The zero-order chi connectivity index (χ0) is 26.7. The molecule has 3 aliphatic heterocycles. The molecule has 1 spiro atoms. The number of piperidine rings is 1. The van der Waals surface area contributed by atoms with Crippen molar-refractivity contribution in [1.82, 2.24) is 15.1 Å². The topological polar surface area (TPSA) is 97.4 Å². The van der Waals surface area contributed by atoms with Crippen molar-refractivity contribution in [2.24, 2.45) is 0 Å². The molecule has 2 atom stereocenters. The Morgan fingerprint density at radius 3 is 2.32 bits per heavy atom. The number of benzene rings is 2. The van der Waals surface area contributed by atoms with Gasteiger partial charge in [-0.2, -0.15) is 0 Å². The van der Waals surface area contributed by atoms with Gasteiger partial charge < -0.3 is 24.4 Å². The first-order valence-corrected chi connectivity index (χ1v) is 13.0. The number of hydrogen-bond acceptors (Lipinski definition) is 6. The Labute approximate surface area is 220 Å². The van der Waals surface area contributed by atoms with E-state index in [0.717, 1.165) is 12.8 Å². The van der Waals surface area contributed by atoms with Crippen LogP contribution in [-0.2, 0) is 14.3 Å². The number of likely N-dealkylation sites (tertiary alicyclic amines) is 1. The van der Waals surface area contributed by atoms with Gasteiger partial charge in [0.05, 0.1) is 19.8 Å². The number of amides is 3. The third kappa shape index (κ3) is 5.23. The number of methoxy groups -OCH3 is 1. The van der Waals surface area contributed by atoms with E-state index in [1.165, 1.54) is 29.2 Å². The number of rotatable bonds is 6. The lowest BCUT2D eigenvalue weighted by Crippen LogP contribution is -2.60. The van der Waals surface area contributed by atoms with Gasteiger partial charge in [0.25, 0.3) is 11.8 Å². The molecule has 3 amide bonds. The van der Waals surface area contributed by atoms with Gasteiger partial charge in [-0.15, -0.1) is 0 Å². The lowest BCUT2D eigenvalue weighted by Gasteiger charge is -2.44. The highest BCUT2D eigenvalue weighted by Crippen LogP contribution is 2.39. The highest BCUT2D eigenvalue weighted by Gasteiger charge is 2.54. The summed E-state index contributed by atoms with van der Waals surface area (Å²) < 4.78 is 30.6. The van der Waals surface area contributed by atoms with Gasteiger partial charge in [-0.1, -0.05) is 0 Å². The number of halogens is 1. The largest absolute Gasteiger partial charge is 0.497 e. The molecule has 3 saturated heterocycles. The van der Waals surface area contributed by atoms with Crippen molar-refractivity contribution in [1.29, 1.82) is 0 Å². The zero-order valence-corrected chi connectivity index (χ0v) is 21.4. The summed E-state index contributed by atoms with van der Waals surface area (Å²) in [6.45, 7) is 1.78. The van der Waals surface area contributed by atoms with Gasteiger partial charge in [0.2, 0.25) is 5.91 Å². The van der Waals surface area contributed by atoms with Gasteiger partial charge in [-0.05, 0) is 61.4 Å². The van der Waals surface area contributed by atoms with E-state index in [1.807, 2.05) is 0 Å². The van der Waals surface area contributed by atoms with Crippen molar-refractivity contribution < 1.29 is 33.0 Å². The summed E-state index contributed by atoms with van der Waals surface area (Å²) in [5.41, 5.74) is -0.238. The predicted octanol–water partition coefficient (Wildman–Crippen LogP) is 2.60. The maximum Gasteiger partial charge on any atom is 0.256 e. The summed E-state index contributed by atoms with van der Waals surface area (Å²) in [5.74, 6) is -0.635. The lowest BCUT2D eigenvalue weighted by molar-refractivity contribution is -0.128. The molecule has 202 valence electrons. The van der Waals surface area contributed by atoms with E-state index >= 15 is 0 Å². The number of nitrogens with zero attached hydrogens (tertiary/aromatic N) is 2. The van der Waals surface area contributed by atoms with Crippen LogP contribution in [0.3, 0.4) is 0 Å². The lowest BCUT2D eigenvalue weighted by atomic mass is 9.96. The van der Waals surface area contributed by atoms with Crippen molar-refractivity contribution in [2.45, 2.75) is 43.6 Å². The van der Waals surface area contributed by atoms with Gasteiger partial charge in [0.1, 0.15) is 23.3 Å². The first-order valence-electron chi connectivity index (χ1n) is 13.0. The van der Waals surface area contributed by atoms with E-state index in [9.17, 15) is 18.8 Å². The molecule has 5 rings (SSSR count). The number of carbonyl (C=O) groups excluding carboxylic acids is 3. The molecule has 9 nitrogen and oxygen atoms in total. The Morgan fingerprint density at radius 1 is 1.03 bits per heavy atom. The molecule has 2 aromatic rings. The Morgan fingerprint density at radius 2 is 1.68 bits per heavy atom. The predicted molar refractivity (Wildman–Crippen MR) is 135 cm³/mol. The van der Waals surface area contributed by atoms with Crippen LogP contribution in [0.15, 0.2) is 48.5 Å². The van der Waals surface area contributed by atoms with Crippen LogP contribution >= 0.6 is 0 Å². The Kier molecular flexibility index (Phi) is 7.62. The summed E-state index contributed by atoms with van der Waals surface area (Å²) in [5, 5.41) is 2.92. The Bertz CT molecular complexity index is 1160. The second kappa shape index (κ2) is 11.1. The van der Waals surface area contributed by atoms with E-state index in [1.54, 1.807) is 36.3 Å². The molecule has 3 fully saturated rings. The Hall–Kier alpha value is -3.50. The summed E-state index contributed by atoms with van der Waals surface area (Å²) in [6.07, 6.45) is 2.48. The van der Waals surface area contributed by atoms with Crippen LogP contribution in [-0.4, -0.2) is 85.3 Å². The van der Waals surface area contributed by atoms with Gasteiger partial charge in [-0.25, -0.2) is 4.39 Å². The van der Waals surface area contributed by atoms with Crippen LogP contribution < -0.4 is 10.1 Å². The fraction of sp³-hybridized carbons (Fsp3) is 0.464. The molecule has 0 aliphatic carbocycles. The van der Waals surface area contributed by atoms with Crippen LogP contribution in [0.4, 0.5) is 4.39 Å². The number of nitrogens with one attached hydrogen (secondary N) is 1. The third-order valence-electron chi connectivity index (χ3n) is 7.57. The Balaban J connectivity index is 1.33. The second-order valence-electron chi connectivity index (χ2n) is 9.86. The van der Waals surface area contributed by atoms with Gasteiger partial charge >= 0.3 is 0 Å². The summed E-state index contributed by atoms with van der Waals surface area (Å²) in [7, 11) is 1.57. The fourth-order valence-corrected chi connectivity index (χ4v) is 5.41. The molecule has 0 aromatic heterocycles. The van der Waals surface area contributed by atoms with Crippen molar-refractivity contribution in [3.8, 4) is 5.75 Å². The SMILES string of the molecule is COc1ccc(C(=O)N2CCC3(CC2)OC[C@@H](C(=O)NC[C@@H]2CCCO2)N3C(=O)c2ccc(F)cc2)cc1. The molecule has 3 aliphatic rings. The zero-order valence-electron chi connectivity index (χ0n) is 21.4. The molecule has 10 heteroatoms. The maximum atomic E-state index is 13.7. The van der Waals surface area contributed by atoms with Crippen molar-refractivity contribution in [3.63, 3.8) is 0 Å². The van der Waals surface area contributed by atoms with E-state index in [-0.39, 0.29) is 30.1 Å². The highest BCUT2D eigenvalue weighted by molar-refractivity contribution is 5.98. The smallest absolute Gasteiger partial charge is 0.256 e. The molecule has 3 heterocycles. The number of hydrogen-bond donors (Lipinski definition) is 1. The third-order valence-corrected chi connectivity index (χ3v) is 7.57. The van der Waals surface area contributed by atoms with Crippen LogP contribution in [0.1, 0.15) is 46.4 Å². The quantitative estimate of drug-likeness (QED) is 0.623. The van der Waals surface area contributed by atoms with E-state index in [2.05, 4.69) is 5.32 Å². The van der Waals surface area contributed by atoms with Crippen molar-refractivity contribution in [2.75, 3.05) is 40.0 Å². The van der Waals surface area contributed by atoms with Gasteiger partial charge in [-0.3, -0.25) is 19.3 Å². The average Bonchev–Trinajstić information content (AvgIpc) is 3.60. The first kappa shape index (κ1) is 26.1. The van der Waals surface area contributed by atoms with Crippen LogP contribution in [0.5, 0.6) is 5.75 Å². The van der Waals surface area contributed by atoms with E-state index < -0.39 is 23.5 Å². The molecule has 0 unspecified atom stereocenters. The molecular weight excluding hydrogens is 493 g/mol. The minimum absolute atomic E-state index is 0.0383. The standard InChI is InChI=1S/C28H32FN3O6/c1-36-22-10-6-19(7-11-22)26(34)31-14-12-28(13-15-31)32(27(35)20-4-8-21(29)9-5-20)24(18-38-28)25(33)30-17-23-3-2-16-37-23/h4-11,23-24H,2-3,12-18H2,1H3,(H,30,33)/t23-,24-/m0/s1. The number of carbonyl (C=O) groups is 3. The molecule has 1 N–H and O–H groups in total. The highest BCUT2D eigenvalue weighted by atomic mass is 19.1. The van der Waals surface area contributed by atoms with E-state index in [4.69, 9.17) is 14.2 Å². The fourth-order valence-electron chi connectivity index (χ4n) is 5.41. The summed E-state index contributed by atoms with van der Waals surface area (Å²) >= 11 is 0. The molecule has 0 radical (unpaired) electrons. The monoisotopic (exact) mass is 525 g/mol. The molecule has 2 aromatic carbocycles. The second-order valence-corrected chi connectivity index (χ2v) is 9.86. The van der Waals surface area contributed by atoms with Gasteiger partial charge in [0, 0.05) is 50.2 Å². The summed E-state index contributed by atoms with van der Waals surface area (Å²) in [6, 6.07) is 11.3. The van der Waals surface area contributed by atoms with Crippen LogP contribution in [0, 0.1) is 5.82 Å². The van der Waals surface area contributed by atoms with Gasteiger partial charge in [0.15, 0.2) is 0 Å². The normalized spacial score (nSPS) is 22.5. The van der Waals surface area contributed by atoms with E-state index in [0.29, 0.717) is 50.4 Å². The molecule has 0 bridgehead atoms. The summed E-state index contributed by atoms with van der Waals surface area (Å²) in [4.78, 5) is 43.3.